The maximum Gasteiger partial charge on any atom is 0.353 e. The van der Waals surface area contributed by atoms with Crippen molar-refractivity contribution < 1.29 is 15.1 Å². The van der Waals surface area contributed by atoms with Crippen LogP contribution in [0.5, 0.6) is 0 Å². The summed E-state index contributed by atoms with van der Waals surface area (Å²) in [5.41, 5.74) is -0.306. The van der Waals surface area contributed by atoms with Crippen molar-refractivity contribution >= 4 is 11.7 Å². The molecular weight excluding hydrogens is 98.0 g/mol. The molecule has 0 aliphatic carbocycles. The monoisotopic (exact) mass is 103 g/mol. The van der Waals surface area contributed by atoms with Crippen LogP contribution in [0.15, 0.2) is 5.16 Å². The number of aliphatic carboxylic acids is 1. The maximum absolute atomic E-state index is 9.64. The quantitative estimate of drug-likeness (QED) is 0.277. The van der Waals surface area contributed by atoms with E-state index in [-0.39, 0.29) is 5.71 Å². The van der Waals surface area contributed by atoms with Crippen LogP contribution in [0.25, 0.3) is 0 Å². The summed E-state index contributed by atoms with van der Waals surface area (Å²) in [5.74, 6) is -1.21. The summed E-state index contributed by atoms with van der Waals surface area (Å²) in [4.78, 5) is 9.64. The Morgan fingerprint density at radius 2 is 2.14 bits per heavy atom. The van der Waals surface area contributed by atoms with Crippen LogP contribution in [0.4, 0.5) is 0 Å². The highest BCUT2D eigenvalue weighted by Crippen LogP contribution is 1.70. The minimum absolute atomic E-state index is 0.306. The first-order valence-corrected chi connectivity index (χ1v) is 1.60. The predicted molar refractivity (Wildman–Crippen MR) is 22.5 cm³/mol. The fourth-order valence-corrected chi connectivity index (χ4v) is 0.0428. The lowest BCUT2D eigenvalue weighted by molar-refractivity contribution is -0.129. The van der Waals surface area contributed by atoms with Crippen LogP contribution in [-0.2, 0) is 4.79 Å². The second kappa shape index (κ2) is 2.17. The number of carboxylic acids is 1. The molecule has 0 heterocycles. The minimum atomic E-state index is -1.21. The highest BCUT2D eigenvalue weighted by Gasteiger charge is 1.98. The molecule has 0 aliphatic heterocycles. The molecule has 0 rings (SSSR count). The first kappa shape index (κ1) is 5.94. The normalized spacial score (nSPS) is 11.3. The molecule has 0 aromatic rings. The van der Waals surface area contributed by atoms with Gasteiger partial charge in [-0.05, 0) is 6.92 Å². The maximum atomic E-state index is 9.64. The van der Waals surface area contributed by atoms with Crippen LogP contribution in [0.1, 0.15) is 6.92 Å². The summed E-state index contributed by atoms with van der Waals surface area (Å²) in [5, 5.41) is 18.0. The van der Waals surface area contributed by atoms with E-state index >= 15 is 0 Å². The molecule has 2 N–H and O–H groups in total. The number of carboxylic acid groups (broad SMARTS) is 1. The van der Waals surface area contributed by atoms with E-state index in [9.17, 15) is 4.79 Å². The van der Waals surface area contributed by atoms with Crippen LogP contribution in [0.2, 0.25) is 0 Å². The van der Waals surface area contributed by atoms with Gasteiger partial charge in [0, 0.05) is 0 Å². The second-order valence-electron chi connectivity index (χ2n) is 0.991. The molecule has 0 spiro atoms. The lowest BCUT2D eigenvalue weighted by atomic mass is 10.4. The lowest BCUT2D eigenvalue weighted by Crippen LogP contribution is -2.06. The summed E-state index contributed by atoms with van der Waals surface area (Å²) in [7, 11) is 0. The molecule has 0 aromatic heterocycles. The Hall–Kier alpha value is -1.06. The summed E-state index contributed by atoms with van der Waals surface area (Å²) in [6.07, 6.45) is 0. The number of nitrogens with zero attached hydrogens (tertiary/aromatic N) is 1. The molecule has 40 valence electrons. The second-order valence-corrected chi connectivity index (χ2v) is 0.991. The third kappa shape index (κ3) is 1.75. The van der Waals surface area contributed by atoms with Gasteiger partial charge in [0.2, 0.25) is 0 Å². The Morgan fingerprint density at radius 1 is 1.71 bits per heavy atom. The van der Waals surface area contributed by atoms with Gasteiger partial charge in [-0.25, -0.2) is 4.79 Å². The lowest BCUT2D eigenvalue weighted by Gasteiger charge is -1.81. The summed E-state index contributed by atoms with van der Waals surface area (Å²) in [6, 6.07) is 0. The molecule has 0 atom stereocenters. The molecule has 0 bridgehead atoms. The molecule has 4 nitrogen and oxygen atoms in total. The number of oxime groups is 1. The van der Waals surface area contributed by atoms with Gasteiger partial charge in [-0.1, -0.05) is 5.16 Å². The third-order valence-corrected chi connectivity index (χ3v) is 0.460. The van der Waals surface area contributed by atoms with Gasteiger partial charge >= 0.3 is 5.97 Å². The Kier molecular flexibility index (Phi) is 1.84. The molecule has 0 amide bonds. The van der Waals surface area contributed by atoms with E-state index in [4.69, 9.17) is 10.3 Å². The van der Waals surface area contributed by atoms with Gasteiger partial charge in [-0.3, -0.25) is 0 Å². The number of hydrogen-bond acceptors (Lipinski definition) is 3. The molecule has 7 heavy (non-hydrogen) atoms. The van der Waals surface area contributed by atoms with E-state index in [0.29, 0.717) is 0 Å². The molecule has 0 aliphatic rings. The average Bonchev–Trinajstić information content (AvgIpc) is 1.65. The van der Waals surface area contributed by atoms with Crippen LogP contribution >= 0.6 is 0 Å². The van der Waals surface area contributed by atoms with Crippen molar-refractivity contribution in [3.8, 4) is 0 Å². The van der Waals surface area contributed by atoms with Gasteiger partial charge in [-0.2, -0.15) is 0 Å². The van der Waals surface area contributed by atoms with E-state index < -0.39 is 5.97 Å². The average molecular weight is 103 g/mol. The van der Waals surface area contributed by atoms with Gasteiger partial charge in [0.25, 0.3) is 0 Å². The Bertz CT molecular complexity index is 107. The van der Waals surface area contributed by atoms with Gasteiger partial charge in [0.15, 0.2) is 5.71 Å². The summed E-state index contributed by atoms with van der Waals surface area (Å²) >= 11 is 0. The van der Waals surface area contributed by atoms with Crippen molar-refractivity contribution in [2.75, 3.05) is 0 Å². The standard InChI is InChI=1S/C3H5NO3/c1-2(4-7)3(5)6/h7H,1H3,(H,5,6)/b4-2+. The number of hydrogen-bond donors (Lipinski definition) is 2. The smallest absolute Gasteiger partial charge is 0.353 e. The summed E-state index contributed by atoms with van der Waals surface area (Å²) < 4.78 is 0. The van der Waals surface area contributed by atoms with Crippen molar-refractivity contribution in [2.45, 2.75) is 6.92 Å². The molecule has 0 unspecified atom stereocenters. The van der Waals surface area contributed by atoms with Crippen molar-refractivity contribution in [2.24, 2.45) is 5.16 Å². The van der Waals surface area contributed by atoms with Crippen LogP contribution in [0, 0.1) is 0 Å². The van der Waals surface area contributed by atoms with Crippen molar-refractivity contribution in [1.82, 2.24) is 0 Å². The fourth-order valence-electron chi connectivity index (χ4n) is 0.0428. The molecule has 0 radical (unpaired) electrons. The van der Waals surface area contributed by atoms with Gasteiger partial charge < -0.3 is 10.3 Å². The largest absolute Gasteiger partial charge is 0.477 e. The van der Waals surface area contributed by atoms with Crippen LogP contribution in [0.3, 0.4) is 0 Å². The first-order chi connectivity index (χ1) is 3.18. The number of rotatable bonds is 1. The Balaban J connectivity index is 3.82. The molecule has 0 saturated heterocycles. The molecule has 0 aromatic carbocycles. The first-order valence-electron chi connectivity index (χ1n) is 1.60. The van der Waals surface area contributed by atoms with Crippen molar-refractivity contribution in [3.63, 3.8) is 0 Å². The van der Waals surface area contributed by atoms with E-state index in [1.807, 2.05) is 0 Å². The third-order valence-electron chi connectivity index (χ3n) is 0.460. The summed E-state index contributed by atoms with van der Waals surface area (Å²) in [6.45, 7) is 1.20. The van der Waals surface area contributed by atoms with Gasteiger partial charge in [-0.15, -0.1) is 0 Å². The van der Waals surface area contributed by atoms with Crippen molar-refractivity contribution in [1.29, 1.82) is 0 Å². The van der Waals surface area contributed by atoms with E-state index in [2.05, 4.69) is 5.16 Å². The molecule has 0 fully saturated rings. The zero-order valence-corrected chi connectivity index (χ0v) is 3.75. The van der Waals surface area contributed by atoms with Crippen LogP contribution < -0.4 is 0 Å². The SMILES string of the molecule is C/C(=N\O)C(=O)O. The highest BCUT2D eigenvalue weighted by atomic mass is 16.4. The fraction of sp³-hybridized carbons (Fsp3) is 0.333. The highest BCUT2D eigenvalue weighted by molar-refractivity contribution is 6.34. The zero-order chi connectivity index (χ0) is 5.86. The van der Waals surface area contributed by atoms with Crippen LogP contribution in [-0.4, -0.2) is 22.0 Å². The molecule has 0 saturated carbocycles. The minimum Gasteiger partial charge on any atom is -0.477 e. The van der Waals surface area contributed by atoms with E-state index in [1.54, 1.807) is 0 Å². The molecule has 4 heteroatoms. The Morgan fingerprint density at radius 3 is 2.14 bits per heavy atom. The van der Waals surface area contributed by atoms with Gasteiger partial charge in [0.05, 0.1) is 0 Å². The van der Waals surface area contributed by atoms with E-state index in [1.165, 1.54) is 6.92 Å². The predicted octanol–water partition coefficient (Wildman–Crippen LogP) is -0.0789. The topological polar surface area (TPSA) is 69.9 Å². The molecular formula is C3H5NO3. The van der Waals surface area contributed by atoms with Gasteiger partial charge in [0.1, 0.15) is 0 Å². The number of carbonyl (C=O) groups is 1. The zero-order valence-electron chi connectivity index (χ0n) is 3.75. The Labute approximate surface area is 40.1 Å². The van der Waals surface area contributed by atoms with Crippen molar-refractivity contribution in [3.05, 3.63) is 0 Å². The van der Waals surface area contributed by atoms with E-state index in [0.717, 1.165) is 0 Å².